The molecule has 1 amide bonds. The molecule has 166 valence electrons. The van der Waals surface area contributed by atoms with Crippen molar-refractivity contribution in [2.45, 2.75) is 13.0 Å². The Kier molecular flexibility index (Phi) is 6.49. The van der Waals surface area contributed by atoms with E-state index in [1.165, 1.54) is 12.1 Å². The van der Waals surface area contributed by atoms with Crippen LogP contribution in [-0.4, -0.2) is 60.4 Å². The van der Waals surface area contributed by atoms with Crippen molar-refractivity contribution in [3.8, 4) is 22.8 Å². The zero-order valence-corrected chi connectivity index (χ0v) is 18.1. The van der Waals surface area contributed by atoms with Gasteiger partial charge in [0.1, 0.15) is 17.3 Å². The van der Waals surface area contributed by atoms with Crippen LogP contribution in [0.15, 0.2) is 60.7 Å². The molecule has 1 aliphatic heterocycles. The Hall–Kier alpha value is -3.68. The molecule has 0 radical (unpaired) electrons. The minimum Gasteiger partial charge on any atom is -0.497 e. The van der Waals surface area contributed by atoms with Crippen molar-refractivity contribution in [2.75, 3.05) is 38.2 Å². The molecule has 1 fully saturated rings. The van der Waals surface area contributed by atoms with Gasteiger partial charge in [-0.2, -0.15) is 0 Å². The van der Waals surface area contributed by atoms with Gasteiger partial charge < -0.3 is 19.3 Å². The number of ether oxygens (including phenoxy) is 2. The van der Waals surface area contributed by atoms with Gasteiger partial charge in [-0.3, -0.25) is 4.79 Å². The lowest BCUT2D eigenvalue weighted by molar-refractivity contribution is -0.138. The quantitative estimate of drug-likeness (QED) is 0.590. The van der Waals surface area contributed by atoms with Gasteiger partial charge >= 0.3 is 0 Å². The normalized spacial score (nSPS) is 14.7. The molecule has 0 N–H and O–H groups in total. The van der Waals surface area contributed by atoms with Gasteiger partial charge in [0.25, 0.3) is 5.91 Å². The van der Waals surface area contributed by atoms with Gasteiger partial charge in [-0.1, -0.05) is 6.07 Å². The first-order chi connectivity index (χ1) is 15.5. The average molecular weight is 436 g/mol. The highest BCUT2D eigenvalue weighted by Crippen LogP contribution is 2.22. The van der Waals surface area contributed by atoms with Crippen LogP contribution < -0.4 is 14.4 Å². The van der Waals surface area contributed by atoms with E-state index in [-0.39, 0.29) is 5.91 Å². The number of carbonyl (C=O) groups excluding carboxylic acids is 1. The fraction of sp³-hybridized carbons (Fsp3) is 0.292. The lowest BCUT2D eigenvalue weighted by Gasteiger charge is -2.36. The Morgan fingerprint density at radius 3 is 2.34 bits per heavy atom. The number of hydrogen-bond acceptors (Lipinski definition) is 6. The van der Waals surface area contributed by atoms with Gasteiger partial charge in [0.15, 0.2) is 11.9 Å². The van der Waals surface area contributed by atoms with Crippen molar-refractivity contribution in [1.29, 1.82) is 0 Å². The van der Waals surface area contributed by atoms with Crippen LogP contribution in [0.3, 0.4) is 0 Å². The third kappa shape index (κ3) is 4.96. The largest absolute Gasteiger partial charge is 0.497 e. The maximum absolute atomic E-state index is 13.3. The summed E-state index contributed by atoms with van der Waals surface area (Å²) < 4.78 is 24.1. The molecule has 1 unspecified atom stereocenters. The summed E-state index contributed by atoms with van der Waals surface area (Å²) in [7, 11) is 1.63. The standard InChI is InChI=1S/C24H25FN4O3/c1-17(32-21-5-3-4-19(25)16-21)24(30)29-14-12-28(13-15-29)23-11-10-22(26-27-23)18-6-8-20(31-2)9-7-18/h3-11,16-17H,12-15H2,1-2H3. The van der Waals surface area contributed by atoms with Crippen LogP contribution >= 0.6 is 0 Å². The van der Waals surface area contributed by atoms with Crippen LogP contribution in [0.5, 0.6) is 11.5 Å². The third-order valence-corrected chi connectivity index (χ3v) is 5.41. The summed E-state index contributed by atoms with van der Waals surface area (Å²) in [6, 6.07) is 17.4. The van der Waals surface area contributed by atoms with Crippen LogP contribution in [0.1, 0.15) is 6.92 Å². The lowest BCUT2D eigenvalue weighted by Crippen LogP contribution is -2.52. The molecule has 8 heteroatoms. The molecule has 2 heterocycles. The van der Waals surface area contributed by atoms with E-state index in [0.717, 1.165) is 22.8 Å². The van der Waals surface area contributed by atoms with E-state index in [0.29, 0.717) is 31.9 Å². The minimum atomic E-state index is -0.688. The smallest absolute Gasteiger partial charge is 0.263 e. The Morgan fingerprint density at radius 2 is 1.72 bits per heavy atom. The van der Waals surface area contributed by atoms with E-state index in [1.54, 1.807) is 31.1 Å². The molecule has 0 spiro atoms. The van der Waals surface area contributed by atoms with Crippen molar-refractivity contribution < 1.29 is 18.7 Å². The van der Waals surface area contributed by atoms with E-state index >= 15 is 0 Å². The monoisotopic (exact) mass is 436 g/mol. The highest BCUT2D eigenvalue weighted by molar-refractivity contribution is 5.81. The van der Waals surface area contributed by atoms with Gasteiger partial charge in [-0.15, -0.1) is 10.2 Å². The summed E-state index contributed by atoms with van der Waals surface area (Å²) in [5.74, 6) is 1.40. The molecule has 1 atom stereocenters. The Bertz CT molecular complexity index is 1050. The molecule has 1 aliphatic rings. The number of methoxy groups -OCH3 is 1. The van der Waals surface area contributed by atoms with Crippen molar-refractivity contribution in [1.82, 2.24) is 15.1 Å². The topological polar surface area (TPSA) is 67.8 Å². The third-order valence-electron chi connectivity index (χ3n) is 5.41. The Labute approximate surface area is 186 Å². The maximum atomic E-state index is 13.3. The summed E-state index contributed by atoms with van der Waals surface area (Å²) in [5.41, 5.74) is 1.75. The maximum Gasteiger partial charge on any atom is 0.263 e. The summed E-state index contributed by atoms with van der Waals surface area (Å²) in [5, 5.41) is 8.72. The zero-order valence-electron chi connectivity index (χ0n) is 18.1. The zero-order chi connectivity index (χ0) is 22.5. The van der Waals surface area contributed by atoms with Crippen LogP contribution in [0.25, 0.3) is 11.3 Å². The molecular weight excluding hydrogens is 411 g/mol. The number of anilines is 1. The predicted octanol–water partition coefficient (Wildman–Crippen LogP) is 3.41. The molecule has 2 aromatic carbocycles. The van der Waals surface area contributed by atoms with E-state index in [9.17, 15) is 9.18 Å². The van der Waals surface area contributed by atoms with Crippen LogP contribution in [0.4, 0.5) is 10.2 Å². The molecule has 0 saturated carbocycles. The van der Waals surface area contributed by atoms with E-state index < -0.39 is 11.9 Å². The number of rotatable bonds is 6. The van der Waals surface area contributed by atoms with Crippen molar-refractivity contribution in [2.24, 2.45) is 0 Å². The average Bonchev–Trinajstić information content (AvgIpc) is 2.84. The Balaban J connectivity index is 1.32. The molecular formula is C24H25FN4O3. The van der Waals surface area contributed by atoms with E-state index in [2.05, 4.69) is 15.1 Å². The second-order valence-corrected chi connectivity index (χ2v) is 7.54. The van der Waals surface area contributed by atoms with Gasteiger partial charge in [0, 0.05) is 37.8 Å². The number of halogens is 1. The summed E-state index contributed by atoms with van der Waals surface area (Å²) in [4.78, 5) is 16.6. The number of carbonyl (C=O) groups is 1. The molecule has 3 aromatic rings. The molecule has 32 heavy (non-hydrogen) atoms. The van der Waals surface area contributed by atoms with Gasteiger partial charge in [0.2, 0.25) is 0 Å². The SMILES string of the molecule is COc1ccc(-c2ccc(N3CCN(C(=O)C(C)Oc4cccc(F)c4)CC3)nn2)cc1. The number of benzene rings is 2. The Morgan fingerprint density at radius 1 is 0.969 bits per heavy atom. The van der Waals surface area contributed by atoms with Crippen LogP contribution in [-0.2, 0) is 4.79 Å². The van der Waals surface area contributed by atoms with Gasteiger partial charge in [-0.05, 0) is 55.5 Å². The number of hydrogen-bond donors (Lipinski definition) is 0. The first-order valence-corrected chi connectivity index (χ1v) is 10.5. The fourth-order valence-corrected chi connectivity index (χ4v) is 3.62. The van der Waals surface area contributed by atoms with Crippen molar-refractivity contribution >= 4 is 11.7 Å². The van der Waals surface area contributed by atoms with Gasteiger partial charge in [-0.25, -0.2) is 4.39 Å². The van der Waals surface area contributed by atoms with Gasteiger partial charge in [0.05, 0.1) is 12.8 Å². The van der Waals surface area contributed by atoms with Crippen molar-refractivity contribution in [3.63, 3.8) is 0 Å². The molecule has 1 saturated heterocycles. The van der Waals surface area contributed by atoms with Crippen LogP contribution in [0.2, 0.25) is 0 Å². The van der Waals surface area contributed by atoms with Crippen molar-refractivity contribution in [3.05, 3.63) is 66.5 Å². The summed E-state index contributed by atoms with van der Waals surface area (Å²) in [6.07, 6.45) is -0.688. The predicted molar refractivity (Wildman–Crippen MR) is 119 cm³/mol. The molecule has 4 rings (SSSR count). The number of amides is 1. The first-order valence-electron chi connectivity index (χ1n) is 10.5. The second-order valence-electron chi connectivity index (χ2n) is 7.54. The minimum absolute atomic E-state index is 0.116. The number of aromatic nitrogens is 2. The molecule has 0 bridgehead atoms. The summed E-state index contributed by atoms with van der Waals surface area (Å²) >= 11 is 0. The lowest BCUT2D eigenvalue weighted by atomic mass is 10.1. The second kappa shape index (κ2) is 9.64. The number of nitrogens with zero attached hydrogens (tertiary/aromatic N) is 4. The van der Waals surface area contributed by atoms with Crippen LogP contribution in [0, 0.1) is 5.82 Å². The van der Waals surface area contributed by atoms with E-state index in [4.69, 9.17) is 9.47 Å². The summed E-state index contributed by atoms with van der Waals surface area (Å²) in [6.45, 7) is 4.09. The molecule has 7 nitrogen and oxygen atoms in total. The highest BCUT2D eigenvalue weighted by Gasteiger charge is 2.26. The van der Waals surface area contributed by atoms with E-state index in [1.807, 2.05) is 36.4 Å². The highest BCUT2D eigenvalue weighted by atomic mass is 19.1. The molecule has 0 aliphatic carbocycles. The molecule has 1 aromatic heterocycles. The fourth-order valence-electron chi connectivity index (χ4n) is 3.62. The first kappa shape index (κ1) is 21.5. The number of piperazine rings is 1.